The fraction of sp³-hybridized carbons (Fsp3) is 0.538. The molecule has 3 N–H and O–H groups in total. The lowest BCUT2D eigenvalue weighted by Gasteiger charge is -2.38. The Morgan fingerprint density at radius 2 is 1.86 bits per heavy atom. The van der Waals surface area contributed by atoms with E-state index in [2.05, 4.69) is 10.3 Å². The van der Waals surface area contributed by atoms with Crippen molar-refractivity contribution >= 4 is 11.8 Å². The van der Waals surface area contributed by atoms with E-state index in [9.17, 15) is 19.2 Å². The van der Waals surface area contributed by atoms with E-state index in [1.807, 2.05) is 4.98 Å². The van der Waals surface area contributed by atoms with Gasteiger partial charge in [-0.25, -0.2) is 4.79 Å². The first-order valence-corrected chi connectivity index (χ1v) is 6.87. The Kier molecular flexibility index (Phi) is 3.15. The molecule has 8 nitrogen and oxygen atoms in total. The number of aromatic nitrogens is 2. The van der Waals surface area contributed by atoms with Gasteiger partial charge in [-0.15, -0.1) is 0 Å². The van der Waals surface area contributed by atoms with Crippen LogP contribution in [-0.2, 0) is 4.79 Å². The number of hydrogen-bond acceptors (Lipinski definition) is 4. The highest BCUT2D eigenvalue weighted by molar-refractivity contribution is 5.92. The Balaban J connectivity index is 1.72. The standard InChI is InChI=1S/C13H16N4O4/c18-9-5-8(15-12(21)16-9)11(20)17-3-1-13(2-4-17)6-10(19)14-7-13/h5H,1-4,6-7H2,(H,14,19)(H2,15,16,18,21). The maximum absolute atomic E-state index is 12.3. The number of H-pyrrole nitrogens is 2. The minimum atomic E-state index is -0.690. The molecule has 0 aromatic carbocycles. The van der Waals surface area contributed by atoms with Gasteiger partial charge in [0.25, 0.3) is 11.5 Å². The van der Waals surface area contributed by atoms with Crippen molar-refractivity contribution in [2.24, 2.45) is 5.41 Å². The summed E-state index contributed by atoms with van der Waals surface area (Å²) >= 11 is 0. The van der Waals surface area contributed by atoms with Crippen LogP contribution in [-0.4, -0.2) is 46.3 Å². The van der Waals surface area contributed by atoms with Gasteiger partial charge in [-0.3, -0.25) is 19.4 Å². The lowest BCUT2D eigenvalue weighted by molar-refractivity contribution is -0.119. The molecular weight excluding hydrogens is 276 g/mol. The molecule has 1 aromatic rings. The van der Waals surface area contributed by atoms with E-state index < -0.39 is 11.2 Å². The Morgan fingerprint density at radius 3 is 2.43 bits per heavy atom. The van der Waals surface area contributed by atoms with Crippen molar-refractivity contribution in [3.05, 3.63) is 32.6 Å². The van der Waals surface area contributed by atoms with Crippen LogP contribution in [0.3, 0.4) is 0 Å². The van der Waals surface area contributed by atoms with E-state index in [1.165, 1.54) is 0 Å². The maximum atomic E-state index is 12.3. The first-order chi connectivity index (χ1) is 9.97. The molecule has 2 aliphatic heterocycles. The summed E-state index contributed by atoms with van der Waals surface area (Å²) in [5.41, 5.74) is -1.33. The highest BCUT2D eigenvalue weighted by atomic mass is 16.2. The molecule has 8 heteroatoms. The molecule has 2 aliphatic rings. The zero-order valence-corrected chi connectivity index (χ0v) is 11.4. The van der Waals surface area contributed by atoms with E-state index in [0.29, 0.717) is 26.1 Å². The molecule has 0 unspecified atom stereocenters. The van der Waals surface area contributed by atoms with Crippen LogP contribution in [0.5, 0.6) is 0 Å². The van der Waals surface area contributed by atoms with Crippen LogP contribution in [0.2, 0.25) is 0 Å². The van der Waals surface area contributed by atoms with E-state index >= 15 is 0 Å². The van der Waals surface area contributed by atoms with Crippen LogP contribution < -0.4 is 16.6 Å². The van der Waals surface area contributed by atoms with Crippen LogP contribution in [0.4, 0.5) is 0 Å². The van der Waals surface area contributed by atoms with Crippen molar-refractivity contribution in [2.75, 3.05) is 19.6 Å². The van der Waals surface area contributed by atoms with Gasteiger partial charge in [-0.1, -0.05) is 0 Å². The third-order valence-corrected chi connectivity index (χ3v) is 4.30. The number of likely N-dealkylation sites (tertiary alicyclic amines) is 1. The zero-order valence-electron chi connectivity index (χ0n) is 11.4. The van der Waals surface area contributed by atoms with Gasteiger partial charge in [0, 0.05) is 32.1 Å². The molecule has 2 amide bonds. The van der Waals surface area contributed by atoms with Gasteiger partial charge in [-0.2, -0.15) is 0 Å². The van der Waals surface area contributed by atoms with Crippen LogP contribution in [0.25, 0.3) is 0 Å². The summed E-state index contributed by atoms with van der Waals surface area (Å²) in [4.78, 5) is 52.1. The number of aromatic amines is 2. The van der Waals surface area contributed by atoms with Gasteiger partial charge < -0.3 is 15.2 Å². The fourth-order valence-corrected chi connectivity index (χ4v) is 3.04. The summed E-state index contributed by atoms with van der Waals surface area (Å²) in [5.74, 6) is -0.293. The monoisotopic (exact) mass is 292 g/mol. The summed E-state index contributed by atoms with van der Waals surface area (Å²) < 4.78 is 0. The number of carbonyl (C=O) groups excluding carboxylic acids is 2. The molecule has 0 bridgehead atoms. The molecule has 0 atom stereocenters. The van der Waals surface area contributed by atoms with Crippen molar-refractivity contribution in [3.8, 4) is 0 Å². The minimum absolute atomic E-state index is 0.000299. The number of rotatable bonds is 1. The molecule has 21 heavy (non-hydrogen) atoms. The molecule has 112 valence electrons. The molecular formula is C13H16N4O4. The molecule has 0 saturated carbocycles. The molecule has 2 saturated heterocycles. The Labute approximate surface area is 119 Å². The fourth-order valence-electron chi connectivity index (χ4n) is 3.04. The second-order valence-electron chi connectivity index (χ2n) is 5.75. The number of hydrogen-bond donors (Lipinski definition) is 3. The second kappa shape index (κ2) is 4.87. The average Bonchev–Trinajstić information content (AvgIpc) is 2.79. The van der Waals surface area contributed by atoms with Gasteiger partial charge in [0.1, 0.15) is 5.69 Å². The van der Waals surface area contributed by atoms with Crippen LogP contribution in [0.1, 0.15) is 29.8 Å². The summed E-state index contributed by atoms with van der Waals surface area (Å²) in [6.07, 6.45) is 1.99. The number of carbonyl (C=O) groups is 2. The van der Waals surface area contributed by atoms with Gasteiger partial charge in [0.2, 0.25) is 5.91 Å². The van der Waals surface area contributed by atoms with Crippen LogP contribution >= 0.6 is 0 Å². The Bertz CT molecular complexity index is 668. The van der Waals surface area contributed by atoms with Crippen molar-refractivity contribution in [1.29, 1.82) is 0 Å². The zero-order chi connectivity index (χ0) is 15.0. The van der Waals surface area contributed by atoms with Gasteiger partial charge in [0.15, 0.2) is 0 Å². The SMILES string of the molecule is O=C1CC2(CCN(C(=O)c3cc(=O)[nH]c(=O)[nH]3)CC2)CN1. The summed E-state index contributed by atoms with van der Waals surface area (Å²) in [7, 11) is 0. The van der Waals surface area contributed by atoms with Crippen LogP contribution in [0.15, 0.2) is 15.7 Å². The molecule has 0 radical (unpaired) electrons. The van der Waals surface area contributed by atoms with Crippen LogP contribution in [0, 0.1) is 5.41 Å². The predicted molar refractivity (Wildman–Crippen MR) is 72.9 cm³/mol. The summed E-state index contributed by atoms with van der Waals surface area (Å²) in [6, 6.07) is 1.09. The summed E-state index contributed by atoms with van der Waals surface area (Å²) in [6.45, 7) is 1.70. The second-order valence-corrected chi connectivity index (χ2v) is 5.75. The van der Waals surface area contributed by atoms with E-state index in [4.69, 9.17) is 0 Å². The van der Waals surface area contributed by atoms with E-state index in [-0.39, 0.29) is 22.9 Å². The smallest absolute Gasteiger partial charge is 0.326 e. The molecule has 1 aromatic heterocycles. The van der Waals surface area contributed by atoms with Crippen molar-refractivity contribution in [1.82, 2.24) is 20.2 Å². The quantitative estimate of drug-likeness (QED) is 0.603. The minimum Gasteiger partial charge on any atom is -0.356 e. The van der Waals surface area contributed by atoms with Crippen molar-refractivity contribution < 1.29 is 9.59 Å². The molecule has 0 aliphatic carbocycles. The van der Waals surface area contributed by atoms with Gasteiger partial charge >= 0.3 is 5.69 Å². The van der Waals surface area contributed by atoms with Gasteiger partial charge in [-0.05, 0) is 18.3 Å². The number of amides is 2. The third-order valence-electron chi connectivity index (χ3n) is 4.30. The molecule has 3 heterocycles. The third kappa shape index (κ3) is 2.61. The normalized spacial score (nSPS) is 20.6. The van der Waals surface area contributed by atoms with Crippen molar-refractivity contribution in [2.45, 2.75) is 19.3 Å². The topological polar surface area (TPSA) is 115 Å². The van der Waals surface area contributed by atoms with Gasteiger partial charge in [0.05, 0.1) is 0 Å². The molecule has 2 fully saturated rings. The number of nitrogens with zero attached hydrogens (tertiary/aromatic N) is 1. The van der Waals surface area contributed by atoms with Crippen molar-refractivity contribution in [3.63, 3.8) is 0 Å². The number of nitrogens with one attached hydrogen (secondary N) is 3. The average molecular weight is 292 g/mol. The first-order valence-electron chi connectivity index (χ1n) is 6.87. The number of piperidine rings is 1. The predicted octanol–water partition coefficient (Wildman–Crippen LogP) is -1.19. The first kappa shape index (κ1) is 13.6. The highest BCUT2D eigenvalue weighted by Crippen LogP contribution is 2.37. The molecule has 3 rings (SSSR count). The maximum Gasteiger partial charge on any atom is 0.326 e. The Morgan fingerprint density at radius 1 is 1.14 bits per heavy atom. The van der Waals surface area contributed by atoms with E-state index in [1.54, 1.807) is 4.90 Å². The summed E-state index contributed by atoms with van der Waals surface area (Å²) in [5, 5.41) is 2.84. The lowest BCUT2D eigenvalue weighted by Crippen LogP contribution is -2.45. The molecule has 1 spiro atoms. The van der Waals surface area contributed by atoms with E-state index in [0.717, 1.165) is 18.9 Å². The highest BCUT2D eigenvalue weighted by Gasteiger charge is 2.41. The lowest BCUT2D eigenvalue weighted by atomic mass is 9.77. The Hall–Kier alpha value is -2.38. The largest absolute Gasteiger partial charge is 0.356 e.